The van der Waals surface area contributed by atoms with Gasteiger partial charge in [-0.1, -0.05) is 18.2 Å². The summed E-state index contributed by atoms with van der Waals surface area (Å²) in [6.45, 7) is 9.42. The van der Waals surface area contributed by atoms with Crippen LogP contribution in [0.4, 0.5) is 10.6 Å². The maximum atomic E-state index is 12.7. The summed E-state index contributed by atoms with van der Waals surface area (Å²) in [5.41, 5.74) is 2.18. The number of hydrogen-bond acceptors (Lipinski definition) is 6. The molecule has 186 valence electrons. The number of ether oxygens (including phenoxy) is 2. The van der Waals surface area contributed by atoms with Crippen LogP contribution in [0.15, 0.2) is 30.3 Å². The van der Waals surface area contributed by atoms with Crippen LogP contribution in [0.1, 0.15) is 50.4 Å². The minimum Gasteiger partial charge on any atom is -0.455 e. The summed E-state index contributed by atoms with van der Waals surface area (Å²) in [5.74, 6) is -1.06. The standard InChI is InChI=1S/C26H32N4O5/c1-17-18(2)30(20-9-7-6-8-10-20)23(21(17)15-27)28-22(31)16-34-24(32)19-11-13-29(14-12-19)25(33)35-26(3,4)5/h6-10,19H,11-14,16H2,1-5H3,(H,28,31). The van der Waals surface area contributed by atoms with Crippen molar-refractivity contribution in [3.8, 4) is 11.8 Å². The second-order valence-corrected chi connectivity index (χ2v) is 9.61. The van der Waals surface area contributed by atoms with E-state index in [0.717, 1.165) is 16.9 Å². The van der Waals surface area contributed by atoms with Crippen LogP contribution in [0, 0.1) is 31.1 Å². The lowest BCUT2D eigenvalue weighted by Gasteiger charge is -2.32. The molecule has 0 unspecified atom stereocenters. The van der Waals surface area contributed by atoms with Crippen molar-refractivity contribution in [2.24, 2.45) is 5.92 Å². The van der Waals surface area contributed by atoms with Gasteiger partial charge in [-0.2, -0.15) is 5.26 Å². The van der Waals surface area contributed by atoms with Gasteiger partial charge in [-0.15, -0.1) is 0 Å². The lowest BCUT2D eigenvalue weighted by molar-refractivity contribution is -0.153. The van der Waals surface area contributed by atoms with E-state index in [1.54, 1.807) is 30.2 Å². The van der Waals surface area contributed by atoms with Crippen molar-refractivity contribution in [2.75, 3.05) is 25.0 Å². The Balaban J connectivity index is 1.59. The SMILES string of the molecule is Cc1c(C#N)c(NC(=O)COC(=O)C2CCN(C(=O)OC(C)(C)C)CC2)n(-c2ccccc2)c1C. The van der Waals surface area contributed by atoms with Gasteiger partial charge < -0.3 is 19.7 Å². The Morgan fingerprint density at radius 1 is 1.11 bits per heavy atom. The van der Waals surface area contributed by atoms with Crippen molar-refractivity contribution < 1.29 is 23.9 Å². The molecule has 2 amide bonds. The zero-order valence-electron chi connectivity index (χ0n) is 20.9. The Morgan fingerprint density at radius 2 is 1.74 bits per heavy atom. The Morgan fingerprint density at radius 3 is 2.31 bits per heavy atom. The molecule has 2 aromatic rings. The first-order valence-corrected chi connectivity index (χ1v) is 11.6. The van der Waals surface area contributed by atoms with E-state index in [9.17, 15) is 19.6 Å². The fraction of sp³-hybridized carbons (Fsp3) is 0.462. The average molecular weight is 481 g/mol. The van der Waals surface area contributed by atoms with Gasteiger partial charge in [0.15, 0.2) is 6.61 Å². The molecule has 0 saturated carbocycles. The van der Waals surface area contributed by atoms with E-state index in [1.165, 1.54) is 0 Å². The lowest BCUT2D eigenvalue weighted by Crippen LogP contribution is -2.43. The number of esters is 1. The van der Waals surface area contributed by atoms with Gasteiger partial charge >= 0.3 is 12.1 Å². The van der Waals surface area contributed by atoms with Crippen molar-refractivity contribution in [1.29, 1.82) is 5.26 Å². The van der Waals surface area contributed by atoms with E-state index in [1.807, 2.05) is 44.2 Å². The van der Waals surface area contributed by atoms with E-state index >= 15 is 0 Å². The van der Waals surface area contributed by atoms with Gasteiger partial charge in [0, 0.05) is 24.5 Å². The number of amides is 2. The number of hydrogen-bond donors (Lipinski definition) is 1. The molecule has 0 spiro atoms. The molecule has 1 aromatic carbocycles. The van der Waals surface area contributed by atoms with Gasteiger partial charge in [-0.3, -0.25) is 14.2 Å². The molecule has 0 aliphatic carbocycles. The third kappa shape index (κ3) is 6.21. The summed E-state index contributed by atoms with van der Waals surface area (Å²) in [6.07, 6.45) is 0.477. The number of rotatable bonds is 5. The number of nitrogens with zero attached hydrogens (tertiary/aromatic N) is 3. The summed E-state index contributed by atoms with van der Waals surface area (Å²) in [6, 6.07) is 11.6. The minimum absolute atomic E-state index is 0.348. The van der Waals surface area contributed by atoms with E-state index < -0.39 is 36.1 Å². The molecular formula is C26H32N4O5. The molecule has 3 rings (SSSR count). The van der Waals surface area contributed by atoms with E-state index in [2.05, 4.69) is 11.4 Å². The first kappa shape index (κ1) is 25.8. The van der Waals surface area contributed by atoms with Crippen LogP contribution in [0.5, 0.6) is 0 Å². The number of likely N-dealkylation sites (tertiary alicyclic amines) is 1. The van der Waals surface area contributed by atoms with Crippen molar-refractivity contribution in [1.82, 2.24) is 9.47 Å². The molecule has 0 bridgehead atoms. The highest BCUT2D eigenvalue weighted by atomic mass is 16.6. The number of anilines is 1. The molecule has 0 atom stereocenters. The molecule has 1 fully saturated rings. The summed E-state index contributed by atoms with van der Waals surface area (Å²) in [5, 5.41) is 12.4. The summed E-state index contributed by atoms with van der Waals surface area (Å²) < 4.78 is 12.4. The van der Waals surface area contributed by atoms with E-state index in [4.69, 9.17) is 9.47 Å². The van der Waals surface area contributed by atoms with Crippen molar-refractivity contribution in [2.45, 2.75) is 53.1 Å². The number of para-hydroxylation sites is 1. The van der Waals surface area contributed by atoms with E-state index in [-0.39, 0.29) is 0 Å². The van der Waals surface area contributed by atoms with Crippen LogP contribution >= 0.6 is 0 Å². The maximum Gasteiger partial charge on any atom is 0.410 e. The normalized spacial score (nSPS) is 14.2. The Labute approximate surface area is 205 Å². The molecule has 1 aliphatic rings. The smallest absolute Gasteiger partial charge is 0.410 e. The fourth-order valence-electron chi connectivity index (χ4n) is 4.01. The molecule has 2 heterocycles. The average Bonchev–Trinajstić information content (AvgIpc) is 3.05. The third-order valence-corrected chi connectivity index (χ3v) is 5.92. The number of nitriles is 1. The summed E-state index contributed by atoms with van der Waals surface area (Å²) in [4.78, 5) is 39.0. The van der Waals surface area contributed by atoms with Crippen LogP contribution in [0.25, 0.3) is 5.69 Å². The molecule has 9 nitrogen and oxygen atoms in total. The second kappa shape index (κ2) is 10.6. The molecule has 0 radical (unpaired) electrons. The Kier molecular flexibility index (Phi) is 7.85. The van der Waals surface area contributed by atoms with Gasteiger partial charge in [0.05, 0.1) is 11.5 Å². The van der Waals surface area contributed by atoms with Crippen molar-refractivity contribution in [3.05, 3.63) is 47.2 Å². The van der Waals surface area contributed by atoms with Crippen molar-refractivity contribution >= 4 is 23.8 Å². The molecular weight excluding hydrogens is 448 g/mol. The molecule has 9 heteroatoms. The molecule has 1 saturated heterocycles. The quantitative estimate of drug-likeness (QED) is 0.645. The zero-order valence-corrected chi connectivity index (χ0v) is 20.9. The molecule has 1 aromatic heterocycles. The van der Waals surface area contributed by atoms with Crippen LogP contribution in [0.3, 0.4) is 0 Å². The third-order valence-electron chi connectivity index (χ3n) is 5.92. The molecule has 1 N–H and O–H groups in total. The lowest BCUT2D eigenvalue weighted by atomic mass is 9.97. The van der Waals surface area contributed by atoms with Crippen LogP contribution in [0.2, 0.25) is 0 Å². The summed E-state index contributed by atoms with van der Waals surface area (Å²) >= 11 is 0. The maximum absolute atomic E-state index is 12.7. The zero-order chi connectivity index (χ0) is 25.8. The number of carbonyl (C=O) groups excluding carboxylic acids is 3. The van der Waals surface area contributed by atoms with Gasteiger partial charge in [-0.25, -0.2) is 4.79 Å². The topological polar surface area (TPSA) is 114 Å². The van der Waals surface area contributed by atoms with Gasteiger partial charge in [0.1, 0.15) is 17.5 Å². The first-order chi connectivity index (χ1) is 16.5. The van der Waals surface area contributed by atoms with Gasteiger partial charge in [0.25, 0.3) is 5.91 Å². The first-order valence-electron chi connectivity index (χ1n) is 11.6. The second-order valence-electron chi connectivity index (χ2n) is 9.61. The highest BCUT2D eigenvalue weighted by molar-refractivity contribution is 5.94. The van der Waals surface area contributed by atoms with Crippen molar-refractivity contribution in [3.63, 3.8) is 0 Å². The van der Waals surface area contributed by atoms with Gasteiger partial charge in [0.2, 0.25) is 0 Å². The number of aromatic nitrogens is 1. The predicted molar refractivity (Wildman–Crippen MR) is 130 cm³/mol. The molecule has 35 heavy (non-hydrogen) atoms. The number of nitrogens with one attached hydrogen (secondary N) is 1. The summed E-state index contributed by atoms with van der Waals surface area (Å²) in [7, 11) is 0. The van der Waals surface area contributed by atoms with Crippen LogP contribution in [-0.2, 0) is 19.1 Å². The largest absolute Gasteiger partial charge is 0.455 e. The highest BCUT2D eigenvalue weighted by Crippen LogP contribution is 2.30. The predicted octanol–water partition coefficient (Wildman–Crippen LogP) is 4.09. The highest BCUT2D eigenvalue weighted by Gasteiger charge is 2.31. The van der Waals surface area contributed by atoms with E-state index in [0.29, 0.717) is 37.3 Å². The Hall–Kier alpha value is -3.80. The number of piperidine rings is 1. The Bertz CT molecular complexity index is 1130. The monoisotopic (exact) mass is 480 g/mol. The van der Waals surface area contributed by atoms with Crippen LogP contribution < -0.4 is 5.32 Å². The minimum atomic E-state index is -0.580. The number of carbonyl (C=O) groups is 3. The molecule has 1 aliphatic heterocycles. The number of benzene rings is 1. The van der Waals surface area contributed by atoms with Crippen LogP contribution in [-0.4, -0.2) is 52.7 Å². The fourth-order valence-corrected chi connectivity index (χ4v) is 4.01. The van der Waals surface area contributed by atoms with Gasteiger partial charge in [-0.05, 0) is 65.2 Å².